The third-order valence-corrected chi connectivity index (χ3v) is 4.66. The van der Waals surface area contributed by atoms with Crippen molar-refractivity contribution in [2.24, 2.45) is 5.92 Å². The van der Waals surface area contributed by atoms with Crippen LogP contribution in [0.25, 0.3) is 11.1 Å². The minimum absolute atomic E-state index is 0.160. The molecule has 0 heterocycles. The van der Waals surface area contributed by atoms with Crippen molar-refractivity contribution in [3.05, 3.63) is 84.4 Å². The Labute approximate surface area is 181 Å². The van der Waals surface area contributed by atoms with E-state index in [-0.39, 0.29) is 5.92 Å². The smallest absolute Gasteiger partial charge is 0.334 e. The lowest BCUT2D eigenvalue weighted by Crippen LogP contribution is -2.48. The molecular weight excluding hydrogens is 390 g/mol. The predicted molar refractivity (Wildman–Crippen MR) is 119 cm³/mol. The second kappa shape index (κ2) is 10.1. The number of hydrogen-bond acceptors (Lipinski definition) is 4. The summed E-state index contributed by atoms with van der Waals surface area (Å²) in [7, 11) is 0. The number of benzene rings is 3. The van der Waals surface area contributed by atoms with Crippen molar-refractivity contribution in [1.29, 1.82) is 5.26 Å². The molecule has 0 aromatic heterocycles. The van der Waals surface area contributed by atoms with Crippen LogP contribution >= 0.6 is 0 Å². The monoisotopic (exact) mass is 413 g/mol. The van der Waals surface area contributed by atoms with Gasteiger partial charge in [-0.15, -0.1) is 0 Å². The summed E-state index contributed by atoms with van der Waals surface area (Å²) >= 11 is 0. The molecule has 3 aromatic rings. The van der Waals surface area contributed by atoms with Crippen LogP contribution in [0.5, 0.6) is 5.75 Å². The lowest BCUT2D eigenvalue weighted by molar-refractivity contribution is -0.137. The van der Waals surface area contributed by atoms with Crippen LogP contribution in [-0.2, 0) is 4.79 Å². The number of carbonyl (C=O) groups excluding carboxylic acids is 2. The van der Waals surface area contributed by atoms with Crippen LogP contribution in [0.2, 0.25) is 0 Å². The number of carbonyl (C=O) groups is 2. The number of nitriles is 1. The van der Waals surface area contributed by atoms with Gasteiger partial charge in [-0.1, -0.05) is 56.3 Å². The zero-order valence-electron chi connectivity index (χ0n) is 17.3. The van der Waals surface area contributed by atoms with Crippen molar-refractivity contribution in [1.82, 2.24) is 5.32 Å². The SMILES string of the molecule is CC(C)C(NC(=O)Nc1ccccc1)C(=O)Oc1ccc(-c2ccc(C#N)cc2)cc1. The second-order valence-corrected chi connectivity index (χ2v) is 7.32. The summed E-state index contributed by atoms with van der Waals surface area (Å²) in [5, 5.41) is 14.3. The number of amides is 2. The number of nitrogens with zero attached hydrogens (tertiary/aromatic N) is 1. The van der Waals surface area contributed by atoms with Crippen LogP contribution in [0.3, 0.4) is 0 Å². The Kier molecular flexibility index (Phi) is 7.02. The summed E-state index contributed by atoms with van der Waals surface area (Å²) in [6, 6.07) is 24.1. The first-order valence-corrected chi connectivity index (χ1v) is 9.91. The number of ether oxygens (including phenoxy) is 1. The van der Waals surface area contributed by atoms with Gasteiger partial charge in [-0.05, 0) is 53.4 Å². The number of hydrogen-bond donors (Lipinski definition) is 2. The number of para-hydroxylation sites is 1. The summed E-state index contributed by atoms with van der Waals surface area (Å²) < 4.78 is 5.49. The van der Waals surface area contributed by atoms with Crippen molar-refractivity contribution in [3.8, 4) is 22.9 Å². The Balaban J connectivity index is 1.63. The van der Waals surface area contributed by atoms with Crippen molar-refractivity contribution in [2.45, 2.75) is 19.9 Å². The molecule has 0 bridgehead atoms. The predicted octanol–water partition coefficient (Wildman–Crippen LogP) is 4.98. The van der Waals surface area contributed by atoms with E-state index in [1.165, 1.54) is 0 Å². The first-order valence-electron chi connectivity index (χ1n) is 9.91. The van der Waals surface area contributed by atoms with Gasteiger partial charge in [-0.2, -0.15) is 5.26 Å². The zero-order valence-corrected chi connectivity index (χ0v) is 17.3. The maximum Gasteiger partial charge on any atom is 0.334 e. The minimum atomic E-state index is -0.804. The number of anilines is 1. The molecule has 6 nitrogen and oxygen atoms in total. The zero-order chi connectivity index (χ0) is 22.2. The fourth-order valence-corrected chi connectivity index (χ4v) is 2.96. The van der Waals surface area contributed by atoms with E-state index in [2.05, 4.69) is 16.7 Å². The van der Waals surface area contributed by atoms with Crippen LogP contribution in [0.15, 0.2) is 78.9 Å². The maximum atomic E-state index is 12.7. The average molecular weight is 413 g/mol. The highest BCUT2D eigenvalue weighted by Crippen LogP contribution is 2.23. The summed E-state index contributed by atoms with van der Waals surface area (Å²) in [5.41, 5.74) is 3.12. The van der Waals surface area contributed by atoms with Crippen molar-refractivity contribution >= 4 is 17.7 Å². The lowest BCUT2D eigenvalue weighted by Gasteiger charge is -2.21. The van der Waals surface area contributed by atoms with Crippen molar-refractivity contribution < 1.29 is 14.3 Å². The van der Waals surface area contributed by atoms with Crippen LogP contribution in [0.4, 0.5) is 10.5 Å². The van der Waals surface area contributed by atoms with Gasteiger partial charge in [0.05, 0.1) is 11.6 Å². The van der Waals surface area contributed by atoms with E-state index in [9.17, 15) is 9.59 Å². The number of esters is 1. The first kappa shape index (κ1) is 21.6. The molecule has 6 heteroatoms. The highest BCUT2D eigenvalue weighted by Gasteiger charge is 2.26. The molecule has 0 fully saturated rings. The highest BCUT2D eigenvalue weighted by molar-refractivity contribution is 5.93. The molecule has 3 aromatic carbocycles. The molecule has 2 amide bonds. The second-order valence-electron chi connectivity index (χ2n) is 7.32. The van der Waals surface area contributed by atoms with E-state index in [4.69, 9.17) is 10.00 Å². The normalized spacial score (nSPS) is 11.3. The molecule has 3 rings (SSSR count). The van der Waals surface area contributed by atoms with E-state index in [0.29, 0.717) is 17.0 Å². The largest absolute Gasteiger partial charge is 0.425 e. The summed E-state index contributed by atoms with van der Waals surface area (Å²) in [6.45, 7) is 3.67. The van der Waals surface area contributed by atoms with Gasteiger partial charge < -0.3 is 15.4 Å². The van der Waals surface area contributed by atoms with Gasteiger partial charge in [0.1, 0.15) is 11.8 Å². The number of nitrogens with one attached hydrogen (secondary N) is 2. The summed E-state index contributed by atoms with van der Waals surface area (Å²) in [6.07, 6.45) is 0. The Morgan fingerprint density at radius 2 is 1.45 bits per heavy atom. The Morgan fingerprint density at radius 1 is 0.871 bits per heavy atom. The van der Waals surface area contributed by atoms with Gasteiger partial charge in [-0.3, -0.25) is 0 Å². The lowest BCUT2D eigenvalue weighted by atomic mass is 10.0. The van der Waals surface area contributed by atoms with Gasteiger partial charge in [0.2, 0.25) is 0 Å². The van der Waals surface area contributed by atoms with Gasteiger partial charge >= 0.3 is 12.0 Å². The van der Waals surface area contributed by atoms with Crippen LogP contribution < -0.4 is 15.4 Å². The molecular formula is C25H23N3O3. The number of urea groups is 1. The highest BCUT2D eigenvalue weighted by atomic mass is 16.5. The van der Waals surface area contributed by atoms with Gasteiger partial charge in [0.15, 0.2) is 0 Å². The molecule has 0 aliphatic rings. The molecule has 0 radical (unpaired) electrons. The fourth-order valence-electron chi connectivity index (χ4n) is 2.96. The third kappa shape index (κ3) is 5.94. The van der Waals surface area contributed by atoms with Gasteiger partial charge in [0.25, 0.3) is 0 Å². The topological polar surface area (TPSA) is 91.2 Å². The van der Waals surface area contributed by atoms with Crippen LogP contribution in [-0.4, -0.2) is 18.0 Å². The average Bonchev–Trinajstić information content (AvgIpc) is 2.78. The molecule has 0 saturated heterocycles. The fraction of sp³-hybridized carbons (Fsp3) is 0.160. The van der Waals surface area contributed by atoms with Crippen molar-refractivity contribution in [3.63, 3.8) is 0 Å². The molecule has 0 aliphatic carbocycles. The Hall–Kier alpha value is -4.11. The Morgan fingerprint density at radius 3 is 2.00 bits per heavy atom. The molecule has 0 saturated carbocycles. The number of rotatable bonds is 6. The van der Waals surface area contributed by atoms with Gasteiger partial charge in [0, 0.05) is 5.69 Å². The molecule has 0 aliphatic heterocycles. The van der Waals surface area contributed by atoms with Gasteiger partial charge in [-0.25, -0.2) is 9.59 Å². The van der Waals surface area contributed by atoms with E-state index < -0.39 is 18.0 Å². The quantitative estimate of drug-likeness (QED) is 0.441. The van der Waals surface area contributed by atoms with E-state index >= 15 is 0 Å². The molecule has 1 atom stereocenters. The minimum Gasteiger partial charge on any atom is -0.425 e. The summed E-state index contributed by atoms with van der Waals surface area (Å²) in [4.78, 5) is 25.0. The Bertz CT molecular complexity index is 1070. The summed E-state index contributed by atoms with van der Waals surface area (Å²) in [5.74, 6) is -0.311. The molecule has 156 valence electrons. The van der Waals surface area contributed by atoms with E-state index in [0.717, 1.165) is 11.1 Å². The van der Waals surface area contributed by atoms with Crippen molar-refractivity contribution in [2.75, 3.05) is 5.32 Å². The first-order chi connectivity index (χ1) is 15.0. The third-order valence-electron chi connectivity index (χ3n) is 4.66. The van der Waals surface area contributed by atoms with E-state index in [1.54, 1.807) is 36.4 Å². The molecule has 31 heavy (non-hydrogen) atoms. The standard InChI is InChI=1S/C25H23N3O3/c1-17(2)23(28-25(30)27-21-6-4-3-5-7-21)24(29)31-22-14-12-20(13-15-22)19-10-8-18(16-26)9-11-19/h3-15,17,23H,1-2H3,(H2,27,28,30). The molecule has 1 unspecified atom stereocenters. The van der Waals surface area contributed by atoms with Crippen LogP contribution in [0, 0.1) is 17.2 Å². The van der Waals surface area contributed by atoms with Crippen LogP contribution in [0.1, 0.15) is 19.4 Å². The molecule has 2 N–H and O–H groups in total. The van der Waals surface area contributed by atoms with E-state index in [1.807, 2.05) is 56.3 Å². The molecule has 0 spiro atoms. The maximum absolute atomic E-state index is 12.7.